The van der Waals surface area contributed by atoms with Crippen molar-refractivity contribution < 1.29 is 9.59 Å². The summed E-state index contributed by atoms with van der Waals surface area (Å²) in [7, 11) is 0. The molecule has 20 heavy (non-hydrogen) atoms. The monoisotopic (exact) mass is 274 g/mol. The number of amides is 2. The van der Waals surface area contributed by atoms with E-state index in [0.29, 0.717) is 11.5 Å². The average molecular weight is 274 g/mol. The third kappa shape index (κ3) is 4.08. The van der Waals surface area contributed by atoms with E-state index in [1.54, 1.807) is 12.1 Å². The maximum atomic E-state index is 11.9. The van der Waals surface area contributed by atoms with Crippen molar-refractivity contribution in [2.24, 2.45) is 5.92 Å². The number of hydrogen-bond acceptors (Lipinski definition) is 2. The lowest BCUT2D eigenvalue weighted by Crippen LogP contribution is -2.41. The van der Waals surface area contributed by atoms with Crippen LogP contribution < -0.4 is 10.6 Å². The third-order valence-electron chi connectivity index (χ3n) is 3.78. The summed E-state index contributed by atoms with van der Waals surface area (Å²) in [6.45, 7) is 4.21. The highest BCUT2D eigenvalue weighted by atomic mass is 16.2. The Labute approximate surface area is 119 Å². The Morgan fingerprint density at radius 2 is 1.90 bits per heavy atom. The molecule has 1 aliphatic carbocycles. The molecule has 4 nitrogen and oxygen atoms in total. The van der Waals surface area contributed by atoms with Crippen molar-refractivity contribution >= 4 is 11.8 Å². The van der Waals surface area contributed by atoms with Gasteiger partial charge in [0.2, 0.25) is 5.91 Å². The molecule has 1 saturated carbocycles. The van der Waals surface area contributed by atoms with Crippen molar-refractivity contribution in [1.29, 1.82) is 0 Å². The average Bonchev–Trinajstić information content (AvgIpc) is 2.82. The summed E-state index contributed by atoms with van der Waals surface area (Å²) in [5.74, 6) is 0.368. The molecule has 0 aromatic heterocycles. The molecule has 4 heteroatoms. The first-order valence-corrected chi connectivity index (χ1v) is 7.19. The first kappa shape index (κ1) is 14.6. The van der Waals surface area contributed by atoms with Gasteiger partial charge in [-0.15, -0.1) is 0 Å². The number of benzene rings is 1. The lowest BCUT2D eigenvalue weighted by molar-refractivity contribution is -0.120. The highest BCUT2D eigenvalue weighted by molar-refractivity contribution is 5.96. The zero-order chi connectivity index (χ0) is 14.5. The number of nitrogens with one attached hydrogen (secondary N) is 2. The largest absolute Gasteiger partial charge is 0.352 e. The van der Waals surface area contributed by atoms with Crippen LogP contribution in [0.4, 0.5) is 0 Å². The molecule has 1 aromatic rings. The topological polar surface area (TPSA) is 58.2 Å². The first-order chi connectivity index (χ1) is 9.54. The summed E-state index contributed by atoms with van der Waals surface area (Å²) in [6.07, 6.45) is 3.25. The molecule has 0 bridgehead atoms. The molecule has 108 valence electrons. The van der Waals surface area contributed by atoms with Crippen LogP contribution in [-0.4, -0.2) is 24.4 Å². The molecular formula is C16H22N2O2. The standard InChI is InChI=1S/C16H22N2O2/c1-11-3-6-13(7-4-11)16(20)17-10-15(19)18-14-8-5-12(2)9-14/h3-4,6-7,12,14H,5,8-10H2,1-2H3,(H,17,20)(H,18,19). The Morgan fingerprint density at radius 3 is 2.50 bits per heavy atom. The number of carbonyl (C=O) groups excluding carboxylic acids is 2. The van der Waals surface area contributed by atoms with E-state index < -0.39 is 0 Å². The van der Waals surface area contributed by atoms with Crippen molar-refractivity contribution in [3.8, 4) is 0 Å². The minimum Gasteiger partial charge on any atom is -0.352 e. The minimum atomic E-state index is -0.208. The van der Waals surface area contributed by atoms with Crippen molar-refractivity contribution in [2.45, 2.75) is 39.2 Å². The normalized spacial score (nSPS) is 21.5. The Bertz CT molecular complexity index is 482. The van der Waals surface area contributed by atoms with Crippen LogP contribution in [0, 0.1) is 12.8 Å². The van der Waals surface area contributed by atoms with Gasteiger partial charge in [0.25, 0.3) is 5.91 Å². The molecule has 2 amide bonds. The quantitative estimate of drug-likeness (QED) is 0.882. The summed E-state index contributed by atoms with van der Waals surface area (Å²) < 4.78 is 0. The van der Waals surface area contributed by atoms with Gasteiger partial charge in [-0.25, -0.2) is 0 Å². The van der Waals surface area contributed by atoms with E-state index in [2.05, 4.69) is 17.6 Å². The molecule has 2 atom stereocenters. The molecule has 1 aromatic carbocycles. The van der Waals surface area contributed by atoms with E-state index in [0.717, 1.165) is 18.4 Å². The van der Waals surface area contributed by atoms with Crippen molar-refractivity contribution in [3.63, 3.8) is 0 Å². The van der Waals surface area contributed by atoms with Gasteiger partial charge in [-0.2, -0.15) is 0 Å². The van der Waals surface area contributed by atoms with Crippen LogP contribution in [0.25, 0.3) is 0 Å². The molecular weight excluding hydrogens is 252 g/mol. The molecule has 2 N–H and O–H groups in total. The van der Waals surface area contributed by atoms with Crippen LogP contribution in [-0.2, 0) is 4.79 Å². The summed E-state index contributed by atoms with van der Waals surface area (Å²) in [4.78, 5) is 23.6. The zero-order valence-electron chi connectivity index (χ0n) is 12.1. The summed E-state index contributed by atoms with van der Waals surface area (Å²) >= 11 is 0. The lowest BCUT2D eigenvalue weighted by Gasteiger charge is -2.13. The van der Waals surface area contributed by atoms with E-state index in [1.165, 1.54) is 6.42 Å². The lowest BCUT2D eigenvalue weighted by atomic mass is 10.1. The number of carbonyl (C=O) groups is 2. The van der Waals surface area contributed by atoms with Crippen LogP contribution in [0.3, 0.4) is 0 Å². The number of rotatable bonds is 4. The van der Waals surface area contributed by atoms with Crippen molar-refractivity contribution in [1.82, 2.24) is 10.6 Å². The van der Waals surface area contributed by atoms with Crippen molar-refractivity contribution in [2.75, 3.05) is 6.54 Å². The van der Waals surface area contributed by atoms with Crippen LogP contribution in [0.5, 0.6) is 0 Å². The minimum absolute atomic E-state index is 0.0393. The highest BCUT2D eigenvalue weighted by Crippen LogP contribution is 2.24. The van der Waals surface area contributed by atoms with Crippen LogP contribution in [0.15, 0.2) is 24.3 Å². The fourth-order valence-corrected chi connectivity index (χ4v) is 2.58. The first-order valence-electron chi connectivity index (χ1n) is 7.19. The smallest absolute Gasteiger partial charge is 0.251 e. The van der Waals surface area contributed by atoms with Crippen molar-refractivity contribution in [3.05, 3.63) is 35.4 Å². The highest BCUT2D eigenvalue weighted by Gasteiger charge is 2.22. The van der Waals surface area contributed by atoms with E-state index in [1.807, 2.05) is 19.1 Å². The molecule has 1 aliphatic rings. The van der Waals surface area contributed by atoms with E-state index in [-0.39, 0.29) is 24.4 Å². The Balaban J connectivity index is 1.75. The van der Waals surface area contributed by atoms with E-state index >= 15 is 0 Å². The van der Waals surface area contributed by atoms with Crippen LogP contribution in [0.1, 0.15) is 42.1 Å². The molecule has 2 rings (SSSR count). The summed E-state index contributed by atoms with van der Waals surface area (Å²) in [6, 6.07) is 7.57. The van der Waals surface area contributed by atoms with Gasteiger partial charge in [-0.3, -0.25) is 9.59 Å². The van der Waals surface area contributed by atoms with Gasteiger partial charge in [0, 0.05) is 11.6 Å². The number of aryl methyl sites for hydroxylation is 1. The molecule has 1 fully saturated rings. The molecule has 0 spiro atoms. The van der Waals surface area contributed by atoms with Gasteiger partial charge in [0.05, 0.1) is 6.54 Å². The summed E-state index contributed by atoms with van der Waals surface area (Å²) in [5.41, 5.74) is 1.69. The summed E-state index contributed by atoms with van der Waals surface area (Å²) in [5, 5.41) is 5.62. The maximum Gasteiger partial charge on any atom is 0.251 e. The van der Waals surface area contributed by atoms with E-state index in [4.69, 9.17) is 0 Å². The van der Waals surface area contributed by atoms with Gasteiger partial charge in [0.1, 0.15) is 0 Å². The van der Waals surface area contributed by atoms with Gasteiger partial charge < -0.3 is 10.6 Å². The maximum absolute atomic E-state index is 11.9. The molecule has 0 saturated heterocycles. The fraction of sp³-hybridized carbons (Fsp3) is 0.500. The predicted molar refractivity (Wildman–Crippen MR) is 78.5 cm³/mol. The molecule has 0 heterocycles. The Morgan fingerprint density at radius 1 is 1.20 bits per heavy atom. The van der Waals surface area contributed by atoms with Crippen LogP contribution >= 0.6 is 0 Å². The molecule has 0 radical (unpaired) electrons. The third-order valence-corrected chi connectivity index (χ3v) is 3.78. The number of hydrogen-bond donors (Lipinski definition) is 2. The second kappa shape index (κ2) is 6.55. The Hall–Kier alpha value is -1.84. The zero-order valence-corrected chi connectivity index (χ0v) is 12.1. The second-order valence-electron chi connectivity index (χ2n) is 5.73. The Kier molecular flexibility index (Phi) is 4.77. The fourth-order valence-electron chi connectivity index (χ4n) is 2.58. The van der Waals surface area contributed by atoms with Gasteiger partial charge in [0.15, 0.2) is 0 Å². The van der Waals surface area contributed by atoms with Crippen LogP contribution in [0.2, 0.25) is 0 Å². The van der Waals surface area contributed by atoms with Gasteiger partial charge in [-0.1, -0.05) is 24.6 Å². The second-order valence-corrected chi connectivity index (χ2v) is 5.73. The van der Waals surface area contributed by atoms with Gasteiger partial charge >= 0.3 is 0 Å². The SMILES string of the molecule is Cc1ccc(C(=O)NCC(=O)NC2CCC(C)C2)cc1. The molecule has 0 aliphatic heterocycles. The van der Waals surface area contributed by atoms with Gasteiger partial charge in [-0.05, 0) is 44.2 Å². The predicted octanol–water partition coefficient (Wildman–Crippen LogP) is 2.03. The van der Waals surface area contributed by atoms with E-state index in [9.17, 15) is 9.59 Å². The molecule has 2 unspecified atom stereocenters.